The molecule has 32 heavy (non-hydrogen) atoms. The normalized spacial score (nSPS) is 15.7. The summed E-state index contributed by atoms with van der Waals surface area (Å²) in [5, 5.41) is 11.4. The molecule has 4 rings (SSSR count). The highest BCUT2D eigenvalue weighted by Crippen LogP contribution is 2.34. The van der Waals surface area contributed by atoms with Gasteiger partial charge in [-0.15, -0.1) is 0 Å². The maximum atomic E-state index is 13.4. The predicted molar refractivity (Wildman–Crippen MR) is 126 cm³/mol. The van der Waals surface area contributed by atoms with E-state index in [-0.39, 0.29) is 17.1 Å². The minimum absolute atomic E-state index is 0.00291. The molecule has 1 atom stereocenters. The Morgan fingerprint density at radius 2 is 1.75 bits per heavy atom. The van der Waals surface area contributed by atoms with Gasteiger partial charge in [-0.1, -0.05) is 23.7 Å². The van der Waals surface area contributed by atoms with Crippen LogP contribution >= 0.6 is 11.6 Å². The van der Waals surface area contributed by atoms with Crippen molar-refractivity contribution in [3.8, 4) is 5.75 Å². The smallest absolute Gasteiger partial charge is 0.259 e. The van der Waals surface area contributed by atoms with Crippen LogP contribution in [-0.4, -0.2) is 40.8 Å². The quantitative estimate of drug-likeness (QED) is 0.611. The van der Waals surface area contributed by atoms with E-state index in [1.54, 1.807) is 28.8 Å². The fourth-order valence-electron chi connectivity index (χ4n) is 4.55. The highest BCUT2D eigenvalue weighted by atomic mass is 35.5. The zero-order chi connectivity index (χ0) is 22.8. The second kappa shape index (κ2) is 9.35. The van der Waals surface area contributed by atoms with E-state index in [1.165, 1.54) is 12.1 Å². The van der Waals surface area contributed by atoms with Gasteiger partial charge in [0.1, 0.15) is 11.6 Å². The second-order valence-electron chi connectivity index (χ2n) is 8.09. The Bertz CT molecular complexity index is 1150. The number of anilines is 1. The van der Waals surface area contributed by atoms with Gasteiger partial charge in [-0.05, 0) is 61.9 Å². The van der Waals surface area contributed by atoms with Crippen molar-refractivity contribution in [3.63, 3.8) is 0 Å². The second-order valence-corrected chi connectivity index (χ2v) is 8.53. The lowest BCUT2D eigenvalue weighted by Gasteiger charge is -2.40. The van der Waals surface area contributed by atoms with Gasteiger partial charge >= 0.3 is 0 Å². The number of aromatic nitrogens is 1. The number of hydrogen-bond acceptors (Lipinski definition) is 4. The number of nitrogens with zero attached hydrogens (tertiary/aromatic N) is 3. The molecule has 2 aromatic carbocycles. The number of halogens is 2. The van der Waals surface area contributed by atoms with Crippen LogP contribution in [0.1, 0.15) is 29.8 Å². The number of pyridine rings is 1. The molecule has 0 unspecified atom stereocenters. The van der Waals surface area contributed by atoms with Gasteiger partial charge in [0.05, 0.1) is 11.6 Å². The minimum atomic E-state index is -0.421. The molecular formula is C25H27ClFN3O2. The van der Waals surface area contributed by atoms with Gasteiger partial charge in [0.15, 0.2) is 0 Å². The molecule has 1 aliphatic rings. The van der Waals surface area contributed by atoms with E-state index in [9.17, 15) is 14.3 Å². The van der Waals surface area contributed by atoms with Crippen LogP contribution in [0.15, 0.2) is 59.4 Å². The largest absolute Gasteiger partial charge is 0.507 e. The van der Waals surface area contributed by atoms with Crippen molar-refractivity contribution in [3.05, 3.63) is 92.6 Å². The van der Waals surface area contributed by atoms with Gasteiger partial charge in [0.2, 0.25) is 0 Å². The van der Waals surface area contributed by atoms with Gasteiger partial charge in [0.25, 0.3) is 5.56 Å². The lowest BCUT2D eigenvalue weighted by molar-refractivity contribution is 0.207. The summed E-state index contributed by atoms with van der Waals surface area (Å²) in [6.07, 6.45) is 0. The maximum absolute atomic E-state index is 13.4. The molecule has 1 fully saturated rings. The zero-order valence-electron chi connectivity index (χ0n) is 18.3. The summed E-state index contributed by atoms with van der Waals surface area (Å²) < 4.78 is 15.0. The van der Waals surface area contributed by atoms with Gasteiger partial charge in [-0.3, -0.25) is 9.69 Å². The molecule has 0 spiro atoms. The summed E-state index contributed by atoms with van der Waals surface area (Å²) in [4.78, 5) is 17.8. The van der Waals surface area contributed by atoms with E-state index >= 15 is 0 Å². The third-order valence-electron chi connectivity index (χ3n) is 6.15. The lowest BCUT2D eigenvalue weighted by atomic mass is 9.96. The molecule has 0 saturated carbocycles. The Morgan fingerprint density at radius 3 is 2.38 bits per heavy atom. The Labute approximate surface area is 192 Å². The first-order valence-corrected chi connectivity index (χ1v) is 11.2. The van der Waals surface area contributed by atoms with Crippen LogP contribution < -0.4 is 10.5 Å². The highest BCUT2D eigenvalue weighted by Gasteiger charge is 2.31. The zero-order valence-corrected chi connectivity index (χ0v) is 19.0. The van der Waals surface area contributed by atoms with Crippen molar-refractivity contribution < 1.29 is 9.50 Å². The Kier molecular flexibility index (Phi) is 6.53. The molecular weight excluding hydrogens is 429 g/mol. The van der Waals surface area contributed by atoms with Crippen LogP contribution in [0.3, 0.4) is 0 Å². The molecule has 1 aromatic heterocycles. The number of aryl methyl sites for hydroxylation is 1. The molecule has 2 heterocycles. The first-order chi connectivity index (χ1) is 15.4. The summed E-state index contributed by atoms with van der Waals surface area (Å²) >= 11 is 6.29. The summed E-state index contributed by atoms with van der Waals surface area (Å²) in [5.41, 5.74) is 2.75. The molecule has 1 N–H and O–H groups in total. The molecule has 0 bridgehead atoms. The number of piperazine rings is 1. The molecule has 0 aliphatic carbocycles. The van der Waals surface area contributed by atoms with Crippen LogP contribution in [0.2, 0.25) is 5.02 Å². The molecule has 7 heteroatoms. The van der Waals surface area contributed by atoms with Crippen LogP contribution in [0, 0.1) is 12.7 Å². The SMILES string of the molecule is CCn1c(C)cc(O)c([C@@H](c2cccc(Cl)c2)N2CCN(c3ccc(F)cc3)CC2)c1=O. The average molecular weight is 456 g/mol. The maximum Gasteiger partial charge on any atom is 0.259 e. The van der Waals surface area contributed by atoms with E-state index in [2.05, 4.69) is 9.80 Å². The Morgan fingerprint density at radius 1 is 1.06 bits per heavy atom. The number of aromatic hydroxyl groups is 1. The van der Waals surface area contributed by atoms with Crippen LogP contribution in [0.4, 0.5) is 10.1 Å². The van der Waals surface area contributed by atoms with E-state index in [4.69, 9.17) is 11.6 Å². The van der Waals surface area contributed by atoms with Gasteiger partial charge < -0.3 is 14.6 Å². The summed E-state index contributed by atoms with van der Waals surface area (Å²) in [7, 11) is 0. The third-order valence-corrected chi connectivity index (χ3v) is 6.38. The lowest BCUT2D eigenvalue weighted by Crippen LogP contribution is -2.49. The van der Waals surface area contributed by atoms with E-state index in [0.29, 0.717) is 30.2 Å². The van der Waals surface area contributed by atoms with Crippen molar-refractivity contribution in [1.29, 1.82) is 0 Å². The predicted octanol–water partition coefficient (Wildman–Crippen LogP) is 4.59. The summed E-state index contributed by atoms with van der Waals surface area (Å²) in [6, 6.07) is 15.2. The molecule has 3 aromatic rings. The number of hydrogen-bond donors (Lipinski definition) is 1. The van der Waals surface area contributed by atoms with Gasteiger partial charge in [-0.2, -0.15) is 0 Å². The summed E-state index contributed by atoms with van der Waals surface area (Å²) in [5.74, 6) is -0.251. The molecule has 5 nitrogen and oxygen atoms in total. The minimum Gasteiger partial charge on any atom is -0.507 e. The van der Waals surface area contributed by atoms with Crippen LogP contribution in [0.25, 0.3) is 0 Å². The van der Waals surface area contributed by atoms with Crippen molar-refractivity contribution in [2.75, 3.05) is 31.1 Å². The fourth-order valence-corrected chi connectivity index (χ4v) is 4.74. The highest BCUT2D eigenvalue weighted by molar-refractivity contribution is 6.30. The van der Waals surface area contributed by atoms with Crippen molar-refractivity contribution >= 4 is 17.3 Å². The van der Waals surface area contributed by atoms with E-state index in [0.717, 1.165) is 30.0 Å². The Balaban J connectivity index is 1.71. The number of benzene rings is 2. The monoisotopic (exact) mass is 455 g/mol. The van der Waals surface area contributed by atoms with E-state index < -0.39 is 6.04 Å². The van der Waals surface area contributed by atoms with Gasteiger partial charge in [0, 0.05) is 49.1 Å². The van der Waals surface area contributed by atoms with Crippen molar-refractivity contribution in [2.24, 2.45) is 0 Å². The molecule has 0 amide bonds. The average Bonchev–Trinajstić information content (AvgIpc) is 2.77. The number of rotatable bonds is 5. The van der Waals surface area contributed by atoms with Gasteiger partial charge in [-0.25, -0.2) is 4.39 Å². The molecule has 0 radical (unpaired) electrons. The first-order valence-electron chi connectivity index (χ1n) is 10.8. The van der Waals surface area contributed by atoms with Crippen LogP contribution in [-0.2, 0) is 6.54 Å². The first kappa shape index (κ1) is 22.4. The fraction of sp³-hybridized carbons (Fsp3) is 0.320. The van der Waals surface area contributed by atoms with E-state index in [1.807, 2.05) is 32.0 Å². The Hall–Kier alpha value is -2.83. The van der Waals surface area contributed by atoms with Crippen molar-refractivity contribution in [2.45, 2.75) is 26.4 Å². The van der Waals surface area contributed by atoms with Crippen molar-refractivity contribution in [1.82, 2.24) is 9.47 Å². The summed E-state index contributed by atoms with van der Waals surface area (Å²) in [6.45, 7) is 7.06. The third kappa shape index (κ3) is 4.38. The van der Waals surface area contributed by atoms with Crippen LogP contribution in [0.5, 0.6) is 5.75 Å². The topological polar surface area (TPSA) is 48.7 Å². The molecule has 1 aliphatic heterocycles. The molecule has 1 saturated heterocycles. The molecule has 168 valence electrons. The standard InChI is InChI=1S/C25H27ClFN3O2/c1-3-30-17(2)15-22(31)23(25(30)32)24(18-5-4-6-19(26)16-18)29-13-11-28(12-14-29)21-9-7-20(27)8-10-21/h4-10,15-16,24,31H,3,11-14H2,1-2H3/t24-/m1/s1.